The number of quaternary nitrogens is 1. The Kier molecular flexibility index (Phi) is 5.30. The molecule has 4 heteroatoms. The summed E-state index contributed by atoms with van der Waals surface area (Å²) in [6.45, 7) is 5.83. The summed E-state index contributed by atoms with van der Waals surface area (Å²) in [6.07, 6.45) is 2.09. The zero-order valence-corrected chi connectivity index (χ0v) is 16.0. The third-order valence-corrected chi connectivity index (χ3v) is 5.35. The molecule has 1 heterocycles. The molecule has 0 amide bonds. The highest BCUT2D eigenvalue weighted by molar-refractivity contribution is 7.98. The minimum Gasteiger partial charge on any atom is -0.423 e. The number of hydrogen-bond donors (Lipinski definition) is 1. The zero-order valence-electron chi connectivity index (χ0n) is 15.2. The van der Waals surface area contributed by atoms with E-state index in [0.717, 1.165) is 29.6 Å². The molecule has 0 aliphatic carbocycles. The summed E-state index contributed by atoms with van der Waals surface area (Å²) in [5.74, 6) is 0. The summed E-state index contributed by atoms with van der Waals surface area (Å²) < 4.78 is 5.40. The number of aryl methyl sites for hydroxylation is 2. The average molecular weight is 354 g/mol. The molecule has 1 atom stereocenters. The second-order valence-corrected chi connectivity index (χ2v) is 7.56. The Morgan fingerprint density at radius 3 is 2.36 bits per heavy atom. The maximum absolute atomic E-state index is 11.9. The third-order valence-electron chi connectivity index (χ3n) is 4.60. The van der Waals surface area contributed by atoms with E-state index in [1.54, 1.807) is 17.8 Å². The summed E-state index contributed by atoms with van der Waals surface area (Å²) in [5.41, 5.74) is 5.11. The molecule has 1 aromatic heterocycles. The molecule has 1 unspecified atom stereocenters. The van der Waals surface area contributed by atoms with Crippen molar-refractivity contribution in [3.05, 3.63) is 75.1 Å². The Balaban J connectivity index is 1.86. The highest BCUT2D eigenvalue weighted by atomic mass is 32.2. The van der Waals surface area contributed by atoms with Gasteiger partial charge in [0, 0.05) is 27.5 Å². The molecule has 1 N–H and O–H groups in total. The molecule has 130 valence electrons. The summed E-state index contributed by atoms with van der Waals surface area (Å²) in [4.78, 5) is 14.5. The van der Waals surface area contributed by atoms with E-state index in [-0.39, 0.29) is 5.63 Å². The Hall–Kier alpha value is -2.04. The summed E-state index contributed by atoms with van der Waals surface area (Å²) in [7, 11) is 2.16. The van der Waals surface area contributed by atoms with Crippen molar-refractivity contribution in [3.63, 3.8) is 0 Å². The summed E-state index contributed by atoms with van der Waals surface area (Å²) in [6, 6.07) is 14.4. The maximum atomic E-state index is 11.9. The topological polar surface area (TPSA) is 34.7 Å². The first-order valence-electron chi connectivity index (χ1n) is 8.44. The quantitative estimate of drug-likeness (QED) is 0.564. The molecule has 0 radical (unpaired) electrons. The smallest absolute Gasteiger partial charge is 0.336 e. The fraction of sp³-hybridized carbons (Fsp3) is 0.286. The van der Waals surface area contributed by atoms with Crippen molar-refractivity contribution in [3.8, 4) is 0 Å². The van der Waals surface area contributed by atoms with Gasteiger partial charge in [-0.2, -0.15) is 0 Å². The molecule has 0 spiro atoms. The second-order valence-electron chi connectivity index (χ2n) is 6.68. The fourth-order valence-electron chi connectivity index (χ4n) is 3.11. The van der Waals surface area contributed by atoms with Crippen LogP contribution < -0.4 is 10.5 Å². The Labute approximate surface area is 152 Å². The number of rotatable bonds is 5. The van der Waals surface area contributed by atoms with Gasteiger partial charge in [-0.25, -0.2) is 4.79 Å². The molecule has 2 aromatic carbocycles. The lowest BCUT2D eigenvalue weighted by atomic mass is 10.0. The monoisotopic (exact) mass is 354 g/mol. The number of nitrogens with one attached hydrogen (secondary N) is 1. The van der Waals surface area contributed by atoms with Crippen molar-refractivity contribution in [2.45, 2.75) is 31.8 Å². The number of thioether (sulfide) groups is 1. The zero-order chi connectivity index (χ0) is 18.0. The van der Waals surface area contributed by atoms with E-state index in [1.165, 1.54) is 20.9 Å². The van der Waals surface area contributed by atoms with Crippen LogP contribution in [0.3, 0.4) is 0 Å². The standard InChI is InChI=1S/C21H23NO2S/c1-14-9-19-17(11-21(23)24-20(19)10-15(14)2)13-22(3)12-16-5-7-18(25-4)8-6-16/h5-11H,12-13H2,1-4H3/p+1. The van der Waals surface area contributed by atoms with Gasteiger partial charge in [-0.3, -0.25) is 0 Å². The van der Waals surface area contributed by atoms with E-state index in [9.17, 15) is 4.79 Å². The lowest BCUT2D eigenvalue weighted by molar-refractivity contribution is -0.907. The van der Waals surface area contributed by atoms with Gasteiger partial charge in [-0.15, -0.1) is 11.8 Å². The van der Waals surface area contributed by atoms with E-state index in [2.05, 4.69) is 50.6 Å². The maximum Gasteiger partial charge on any atom is 0.336 e. The molecule has 25 heavy (non-hydrogen) atoms. The fourth-order valence-corrected chi connectivity index (χ4v) is 3.52. The second kappa shape index (κ2) is 7.46. The summed E-state index contributed by atoms with van der Waals surface area (Å²) >= 11 is 1.75. The van der Waals surface area contributed by atoms with Gasteiger partial charge in [-0.05, 0) is 55.5 Å². The van der Waals surface area contributed by atoms with Crippen molar-refractivity contribution < 1.29 is 9.32 Å². The normalized spacial score (nSPS) is 12.5. The van der Waals surface area contributed by atoms with Gasteiger partial charge in [0.1, 0.15) is 18.7 Å². The Morgan fingerprint density at radius 1 is 1.00 bits per heavy atom. The van der Waals surface area contributed by atoms with Crippen molar-refractivity contribution in [2.24, 2.45) is 0 Å². The van der Waals surface area contributed by atoms with Gasteiger partial charge in [0.2, 0.25) is 0 Å². The van der Waals surface area contributed by atoms with Crippen LogP contribution in [-0.4, -0.2) is 13.3 Å². The highest BCUT2D eigenvalue weighted by Crippen LogP contribution is 2.21. The lowest BCUT2D eigenvalue weighted by Gasteiger charge is -2.16. The minimum absolute atomic E-state index is 0.275. The molecule has 0 aliphatic heterocycles. The van der Waals surface area contributed by atoms with E-state index in [4.69, 9.17) is 4.42 Å². The predicted molar refractivity (Wildman–Crippen MR) is 104 cm³/mol. The SMILES string of the molecule is CSc1ccc(C[NH+](C)Cc2cc(=O)oc3cc(C)c(C)cc23)cc1. The predicted octanol–water partition coefficient (Wildman–Crippen LogP) is 3.35. The van der Waals surface area contributed by atoms with Gasteiger partial charge in [0.05, 0.1) is 7.05 Å². The number of benzene rings is 2. The van der Waals surface area contributed by atoms with E-state index < -0.39 is 0 Å². The van der Waals surface area contributed by atoms with Crippen molar-refractivity contribution in [1.29, 1.82) is 0 Å². The van der Waals surface area contributed by atoms with E-state index in [0.29, 0.717) is 5.58 Å². The van der Waals surface area contributed by atoms with Gasteiger partial charge in [-0.1, -0.05) is 12.1 Å². The Morgan fingerprint density at radius 2 is 1.68 bits per heavy atom. The van der Waals surface area contributed by atoms with Crippen LogP contribution >= 0.6 is 11.8 Å². The lowest BCUT2D eigenvalue weighted by Crippen LogP contribution is -3.06. The first-order chi connectivity index (χ1) is 12.0. The first kappa shape index (κ1) is 17.8. The van der Waals surface area contributed by atoms with Crippen LogP contribution in [0.5, 0.6) is 0 Å². The van der Waals surface area contributed by atoms with Crippen LogP contribution in [0.25, 0.3) is 11.0 Å². The minimum atomic E-state index is -0.275. The van der Waals surface area contributed by atoms with Crippen LogP contribution in [0.2, 0.25) is 0 Å². The van der Waals surface area contributed by atoms with Crippen LogP contribution in [0.15, 0.2) is 56.6 Å². The number of fused-ring (bicyclic) bond motifs is 1. The van der Waals surface area contributed by atoms with Gasteiger partial charge in [0.25, 0.3) is 0 Å². The molecule has 3 rings (SSSR count). The molecule has 0 aliphatic rings. The average Bonchev–Trinajstić information content (AvgIpc) is 2.57. The van der Waals surface area contributed by atoms with Crippen LogP contribution in [0.4, 0.5) is 0 Å². The number of hydrogen-bond acceptors (Lipinski definition) is 3. The third kappa shape index (κ3) is 4.14. The molecular formula is C21H24NO2S+. The van der Waals surface area contributed by atoms with Crippen LogP contribution in [0, 0.1) is 13.8 Å². The van der Waals surface area contributed by atoms with Crippen LogP contribution in [-0.2, 0) is 13.1 Å². The van der Waals surface area contributed by atoms with Gasteiger partial charge in [0.15, 0.2) is 0 Å². The van der Waals surface area contributed by atoms with Crippen LogP contribution in [0.1, 0.15) is 22.3 Å². The van der Waals surface area contributed by atoms with E-state index >= 15 is 0 Å². The van der Waals surface area contributed by atoms with Crippen molar-refractivity contribution in [2.75, 3.05) is 13.3 Å². The molecule has 3 aromatic rings. The van der Waals surface area contributed by atoms with Gasteiger partial charge >= 0.3 is 5.63 Å². The molecular weight excluding hydrogens is 330 g/mol. The van der Waals surface area contributed by atoms with Crippen molar-refractivity contribution in [1.82, 2.24) is 0 Å². The molecule has 3 nitrogen and oxygen atoms in total. The first-order valence-corrected chi connectivity index (χ1v) is 9.67. The summed E-state index contributed by atoms with van der Waals surface area (Å²) in [5, 5.41) is 1.04. The Bertz CT molecular complexity index is 945. The highest BCUT2D eigenvalue weighted by Gasteiger charge is 2.12. The largest absolute Gasteiger partial charge is 0.423 e. The van der Waals surface area contributed by atoms with E-state index in [1.807, 2.05) is 13.0 Å². The molecule has 0 fully saturated rings. The van der Waals surface area contributed by atoms with Crippen molar-refractivity contribution >= 4 is 22.7 Å². The molecule has 0 saturated carbocycles. The van der Waals surface area contributed by atoms with Gasteiger partial charge < -0.3 is 9.32 Å². The molecule has 0 saturated heterocycles. The molecule has 0 bridgehead atoms.